The van der Waals surface area contributed by atoms with E-state index in [-0.39, 0.29) is 11.5 Å². The first kappa shape index (κ1) is 14.7. The lowest BCUT2D eigenvalue weighted by Gasteiger charge is -2.08. The molecule has 114 valence electrons. The molecule has 0 aromatic carbocycles. The van der Waals surface area contributed by atoms with Gasteiger partial charge in [0.15, 0.2) is 0 Å². The van der Waals surface area contributed by atoms with Gasteiger partial charge in [-0.1, -0.05) is 25.4 Å². The highest BCUT2D eigenvalue weighted by Gasteiger charge is 2.13. The smallest absolute Gasteiger partial charge is 0.267 e. The van der Waals surface area contributed by atoms with E-state index in [4.69, 9.17) is 11.6 Å². The molecule has 0 aliphatic carbocycles. The average Bonchev–Trinajstić information content (AvgIpc) is 2.78. The van der Waals surface area contributed by atoms with Crippen molar-refractivity contribution in [1.82, 2.24) is 24.1 Å². The zero-order valence-electron chi connectivity index (χ0n) is 12.6. The van der Waals surface area contributed by atoms with Gasteiger partial charge >= 0.3 is 0 Å². The Balaban J connectivity index is 2.12. The summed E-state index contributed by atoms with van der Waals surface area (Å²) < 4.78 is 3.25. The van der Waals surface area contributed by atoms with Gasteiger partial charge in [-0.05, 0) is 25.0 Å². The van der Waals surface area contributed by atoms with Crippen LogP contribution in [0.2, 0.25) is 5.02 Å². The van der Waals surface area contributed by atoms with Crippen LogP contribution in [-0.2, 0) is 6.54 Å². The Morgan fingerprint density at radius 3 is 2.68 bits per heavy atom. The number of rotatable bonds is 3. The molecule has 0 spiro atoms. The van der Waals surface area contributed by atoms with E-state index in [9.17, 15) is 4.79 Å². The molecule has 3 aromatic heterocycles. The van der Waals surface area contributed by atoms with E-state index in [2.05, 4.69) is 15.0 Å². The highest BCUT2D eigenvalue weighted by molar-refractivity contribution is 6.30. The molecule has 0 N–H and O–H groups in total. The summed E-state index contributed by atoms with van der Waals surface area (Å²) in [6, 6.07) is 5.16. The third kappa shape index (κ3) is 2.62. The molecule has 0 aliphatic heterocycles. The van der Waals surface area contributed by atoms with Gasteiger partial charge < -0.3 is 0 Å². The minimum atomic E-state index is -0.136. The first-order chi connectivity index (χ1) is 10.5. The van der Waals surface area contributed by atoms with E-state index >= 15 is 0 Å². The molecule has 3 heterocycles. The van der Waals surface area contributed by atoms with E-state index in [0.29, 0.717) is 23.2 Å². The van der Waals surface area contributed by atoms with Crippen molar-refractivity contribution in [3.05, 3.63) is 57.0 Å². The van der Waals surface area contributed by atoms with Crippen molar-refractivity contribution in [1.29, 1.82) is 0 Å². The van der Waals surface area contributed by atoms with E-state index < -0.39 is 0 Å². The van der Waals surface area contributed by atoms with Gasteiger partial charge in [0.05, 0.1) is 23.0 Å². The van der Waals surface area contributed by atoms with E-state index in [1.807, 2.05) is 26.8 Å². The summed E-state index contributed by atoms with van der Waals surface area (Å²) in [5.74, 6) is 1.31. The molecule has 6 nitrogen and oxygen atoms in total. The standard InChI is InChI=1S/C15H16ClN5O/c1-9(2)13-6-14(22)21-15(19-13)18-10(3)20(21)8-12-5-4-11(16)7-17-12/h4-7,9H,8H2,1-3H3. The monoisotopic (exact) mass is 317 g/mol. The SMILES string of the molecule is Cc1nc2nc(C(C)C)cc(=O)n2n1Cc1ccc(Cl)cn1. The molecule has 7 heteroatoms. The first-order valence-corrected chi connectivity index (χ1v) is 7.41. The molecular weight excluding hydrogens is 302 g/mol. The Morgan fingerprint density at radius 2 is 2.05 bits per heavy atom. The topological polar surface area (TPSA) is 65.1 Å². The number of nitrogens with zero attached hydrogens (tertiary/aromatic N) is 5. The molecule has 0 radical (unpaired) electrons. The molecule has 0 bridgehead atoms. The van der Waals surface area contributed by atoms with Crippen LogP contribution in [-0.4, -0.2) is 24.1 Å². The Hall–Kier alpha value is -2.21. The van der Waals surface area contributed by atoms with Gasteiger partial charge in [-0.15, -0.1) is 0 Å². The molecule has 0 amide bonds. The molecule has 0 saturated heterocycles. The summed E-state index contributed by atoms with van der Waals surface area (Å²) in [4.78, 5) is 25.5. The van der Waals surface area contributed by atoms with Crippen molar-refractivity contribution in [3.8, 4) is 0 Å². The number of halogens is 1. The zero-order chi connectivity index (χ0) is 15.9. The summed E-state index contributed by atoms with van der Waals surface area (Å²) in [7, 11) is 0. The van der Waals surface area contributed by atoms with Crippen LogP contribution in [0.15, 0.2) is 29.2 Å². The molecule has 3 aromatic rings. The van der Waals surface area contributed by atoms with Crippen LogP contribution in [0, 0.1) is 6.92 Å². The molecule has 0 atom stereocenters. The molecular formula is C15H16ClN5O. The quantitative estimate of drug-likeness (QED) is 0.744. The number of hydrogen-bond acceptors (Lipinski definition) is 4. The van der Waals surface area contributed by atoms with Crippen molar-refractivity contribution in [2.45, 2.75) is 33.2 Å². The van der Waals surface area contributed by atoms with Crippen molar-refractivity contribution in [2.75, 3.05) is 0 Å². The summed E-state index contributed by atoms with van der Waals surface area (Å²) in [6.07, 6.45) is 1.59. The predicted molar refractivity (Wildman–Crippen MR) is 84.4 cm³/mol. The fourth-order valence-electron chi connectivity index (χ4n) is 2.26. The predicted octanol–water partition coefficient (Wildman–Crippen LogP) is 2.42. The number of aryl methyl sites for hydroxylation is 1. The molecule has 0 saturated carbocycles. The lowest BCUT2D eigenvalue weighted by Crippen LogP contribution is -2.23. The fraction of sp³-hybridized carbons (Fsp3) is 0.333. The van der Waals surface area contributed by atoms with Gasteiger partial charge in [0.2, 0.25) is 0 Å². The minimum absolute atomic E-state index is 0.136. The normalized spacial score (nSPS) is 11.5. The highest BCUT2D eigenvalue weighted by Crippen LogP contribution is 2.12. The van der Waals surface area contributed by atoms with Crippen LogP contribution in [0.3, 0.4) is 0 Å². The molecule has 0 aliphatic rings. The maximum Gasteiger partial charge on any atom is 0.274 e. The van der Waals surface area contributed by atoms with Crippen molar-refractivity contribution >= 4 is 17.4 Å². The number of hydrogen-bond donors (Lipinski definition) is 0. The van der Waals surface area contributed by atoms with Crippen LogP contribution >= 0.6 is 11.6 Å². The van der Waals surface area contributed by atoms with Crippen LogP contribution in [0.4, 0.5) is 0 Å². The number of fused-ring (bicyclic) bond motifs is 1. The lowest BCUT2D eigenvalue weighted by atomic mass is 10.1. The maximum absolute atomic E-state index is 12.4. The van der Waals surface area contributed by atoms with Gasteiger partial charge in [0, 0.05) is 12.3 Å². The third-order valence-electron chi connectivity index (χ3n) is 3.47. The second kappa shape index (κ2) is 5.53. The summed E-state index contributed by atoms with van der Waals surface area (Å²) in [6.45, 7) is 6.28. The van der Waals surface area contributed by atoms with Gasteiger partial charge in [-0.25, -0.2) is 4.98 Å². The summed E-state index contributed by atoms with van der Waals surface area (Å²) in [5.41, 5.74) is 1.41. The summed E-state index contributed by atoms with van der Waals surface area (Å²) in [5, 5.41) is 0.580. The Morgan fingerprint density at radius 1 is 1.27 bits per heavy atom. The molecule has 0 unspecified atom stereocenters. The highest BCUT2D eigenvalue weighted by atomic mass is 35.5. The minimum Gasteiger partial charge on any atom is -0.267 e. The van der Waals surface area contributed by atoms with E-state index in [1.54, 1.807) is 23.0 Å². The van der Waals surface area contributed by atoms with Crippen molar-refractivity contribution in [2.24, 2.45) is 0 Å². The van der Waals surface area contributed by atoms with Crippen LogP contribution in [0.1, 0.15) is 37.0 Å². The third-order valence-corrected chi connectivity index (χ3v) is 3.69. The van der Waals surface area contributed by atoms with Crippen molar-refractivity contribution in [3.63, 3.8) is 0 Å². The Labute approximate surface area is 132 Å². The first-order valence-electron chi connectivity index (χ1n) is 7.03. The van der Waals surface area contributed by atoms with Gasteiger partial charge in [-0.3, -0.25) is 14.5 Å². The number of pyridine rings is 1. The molecule has 0 fully saturated rings. The zero-order valence-corrected chi connectivity index (χ0v) is 13.4. The van der Waals surface area contributed by atoms with Crippen LogP contribution in [0.25, 0.3) is 5.78 Å². The Kier molecular flexibility index (Phi) is 3.70. The van der Waals surface area contributed by atoms with E-state index in [1.165, 1.54) is 4.52 Å². The van der Waals surface area contributed by atoms with Gasteiger partial charge in [-0.2, -0.15) is 9.50 Å². The van der Waals surface area contributed by atoms with Gasteiger partial charge in [0.1, 0.15) is 5.82 Å². The van der Waals surface area contributed by atoms with Gasteiger partial charge in [0.25, 0.3) is 11.3 Å². The van der Waals surface area contributed by atoms with Crippen molar-refractivity contribution < 1.29 is 0 Å². The largest absolute Gasteiger partial charge is 0.274 e. The van der Waals surface area contributed by atoms with Crippen LogP contribution in [0.5, 0.6) is 0 Å². The molecule has 22 heavy (non-hydrogen) atoms. The maximum atomic E-state index is 12.4. The lowest BCUT2D eigenvalue weighted by molar-refractivity contribution is 0.589. The Bertz CT molecular complexity index is 879. The second-order valence-electron chi connectivity index (χ2n) is 5.47. The summed E-state index contributed by atoms with van der Waals surface area (Å²) >= 11 is 5.85. The van der Waals surface area contributed by atoms with E-state index in [0.717, 1.165) is 11.4 Å². The molecule has 3 rings (SSSR count). The fourth-order valence-corrected chi connectivity index (χ4v) is 2.37. The average molecular weight is 318 g/mol. The van der Waals surface area contributed by atoms with Crippen LogP contribution < -0.4 is 5.56 Å². The number of aromatic nitrogens is 5. The second-order valence-corrected chi connectivity index (χ2v) is 5.91.